The molecule has 0 amide bonds. The van der Waals surface area contributed by atoms with Crippen LogP contribution in [0.1, 0.15) is 37.2 Å². The molecule has 2 saturated carbocycles. The molecule has 1 aromatic carbocycles. The van der Waals surface area contributed by atoms with Crippen LogP contribution in [0, 0.1) is 11.8 Å². The van der Waals surface area contributed by atoms with Crippen LogP contribution in [0.25, 0.3) is 0 Å². The first-order valence-corrected chi connectivity index (χ1v) is 6.21. The molecule has 4 atom stereocenters. The van der Waals surface area contributed by atoms with Gasteiger partial charge in [-0.2, -0.15) is 0 Å². The monoisotopic (exact) mass is 200 g/mol. The second-order valence-corrected chi connectivity index (χ2v) is 5.26. The zero-order valence-corrected chi connectivity index (χ0v) is 8.86. The van der Waals surface area contributed by atoms with Crippen molar-refractivity contribution in [2.45, 2.75) is 37.7 Å². The van der Waals surface area contributed by atoms with Crippen molar-refractivity contribution in [2.24, 2.45) is 11.8 Å². The van der Waals surface area contributed by atoms with Crippen LogP contribution < -0.4 is 4.74 Å². The molecule has 0 N–H and O–H groups in total. The summed E-state index contributed by atoms with van der Waals surface area (Å²) >= 11 is 0. The summed E-state index contributed by atoms with van der Waals surface area (Å²) < 4.78 is 6.08. The van der Waals surface area contributed by atoms with E-state index in [-0.39, 0.29) is 0 Å². The molecule has 1 aliphatic heterocycles. The molecule has 0 bridgehead atoms. The summed E-state index contributed by atoms with van der Waals surface area (Å²) in [5, 5.41) is 0. The standard InChI is InChI=1S/C14H16O/c1-2-6-10-9(5-1)13-11-7-3-4-8-12(11)15-14(10)13/h3-4,7-10,13-14H,1-2,5-6H2. The fourth-order valence-corrected chi connectivity index (χ4v) is 3.98. The Morgan fingerprint density at radius 2 is 1.80 bits per heavy atom. The Bertz CT molecular complexity index is 392. The summed E-state index contributed by atoms with van der Waals surface area (Å²) in [6.45, 7) is 0. The number of hydrogen-bond acceptors (Lipinski definition) is 1. The van der Waals surface area contributed by atoms with Gasteiger partial charge in [0.2, 0.25) is 0 Å². The third-order valence-corrected chi connectivity index (χ3v) is 4.65. The highest BCUT2D eigenvalue weighted by Crippen LogP contribution is 2.60. The highest BCUT2D eigenvalue weighted by atomic mass is 16.5. The molecule has 0 spiro atoms. The smallest absolute Gasteiger partial charge is 0.123 e. The molecule has 1 heteroatoms. The Hall–Kier alpha value is -0.980. The van der Waals surface area contributed by atoms with Gasteiger partial charge in [0.25, 0.3) is 0 Å². The van der Waals surface area contributed by atoms with E-state index in [1.165, 1.54) is 37.0 Å². The van der Waals surface area contributed by atoms with Gasteiger partial charge in [0.15, 0.2) is 0 Å². The zero-order chi connectivity index (χ0) is 9.83. The molecule has 4 rings (SSSR count). The van der Waals surface area contributed by atoms with Crippen LogP contribution in [0.2, 0.25) is 0 Å². The molecule has 78 valence electrons. The van der Waals surface area contributed by atoms with Gasteiger partial charge in [0.1, 0.15) is 11.9 Å². The lowest BCUT2D eigenvalue weighted by Crippen LogP contribution is -2.50. The molecule has 1 aromatic rings. The topological polar surface area (TPSA) is 9.23 Å². The Morgan fingerprint density at radius 3 is 2.73 bits per heavy atom. The van der Waals surface area contributed by atoms with Crippen molar-refractivity contribution in [3.8, 4) is 5.75 Å². The van der Waals surface area contributed by atoms with Crippen molar-refractivity contribution in [1.82, 2.24) is 0 Å². The molecule has 2 aliphatic carbocycles. The molecule has 15 heavy (non-hydrogen) atoms. The minimum absolute atomic E-state index is 0.535. The first-order valence-electron chi connectivity index (χ1n) is 6.21. The van der Waals surface area contributed by atoms with Crippen LogP contribution in [0.15, 0.2) is 24.3 Å². The minimum Gasteiger partial charge on any atom is -0.489 e. The molecule has 1 heterocycles. The maximum Gasteiger partial charge on any atom is 0.123 e. The summed E-state index contributed by atoms with van der Waals surface area (Å²) in [6.07, 6.45) is 6.23. The third-order valence-electron chi connectivity index (χ3n) is 4.65. The lowest BCUT2D eigenvalue weighted by molar-refractivity contribution is -0.0437. The maximum absolute atomic E-state index is 6.08. The van der Waals surface area contributed by atoms with Crippen molar-refractivity contribution >= 4 is 0 Å². The number of fused-ring (bicyclic) bond motifs is 6. The maximum atomic E-state index is 6.08. The molecule has 4 unspecified atom stereocenters. The number of hydrogen-bond donors (Lipinski definition) is 0. The van der Waals surface area contributed by atoms with Crippen LogP contribution in [-0.4, -0.2) is 6.10 Å². The normalized spacial score (nSPS) is 40.8. The first-order chi connectivity index (χ1) is 7.45. The van der Waals surface area contributed by atoms with Crippen LogP contribution >= 0.6 is 0 Å². The number of para-hydroxylation sites is 1. The van der Waals surface area contributed by atoms with Crippen LogP contribution in [0.5, 0.6) is 5.75 Å². The summed E-state index contributed by atoms with van der Waals surface area (Å²) in [6, 6.07) is 8.65. The zero-order valence-electron chi connectivity index (χ0n) is 8.86. The first kappa shape index (κ1) is 8.20. The fourth-order valence-electron chi connectivity index (χ4n) is 3.98. The van der Waals surface area contributed by atoms with E-state index in [1.54, 1.807) is 0 Å². The molecular weight excluding hydrogens is 184 g/mol. The van der Waals surface area contributed by atoms with Crippen molar-refractivity contribution in [1.29, 1.82) is 0 Å². The quantitative estimate of drug-likeness (QED) is 0.624. The average Bonchev–Trinajstić information content (AvgIpc) is 2.60. The largest absolute Gasteiger partial charge is 0.489 e. The van der Waals surface area contributed by atoms with E-state index >= 15 is 0 Å². The van der Waals surface area contributed by atoms with Crippen molar-refractivity contribution in [3.63, 3.8) is 0 Å². The van der Waals surface area contributed by atoms with Crippen molar-refractivity contribution < 1.29 is 4.74 Å². The predicted molar refractivity (Wildman–Crippen MR) is 59.0 cm³/mol. The van der Waals surface area contributed by atoms with E-state index in [4.69, 9.17) is 4.74 Å². The molecule has 1 nitrogen and oxygen atoms in total. The number of ether oxygens (including phenoxy) is 1. The number of rotatable bonds is 0. The van der Waals surface area contributed by atoms with E-state index in [9.17, 15) is 0 Å². The molecule has 2 fully saturated rings. The summed E-state index contributed by atoms with van der Waals surface area (Å²) in [5.41, 5.74) is 1.49. The molecule has 0 radical (unpaired) electrons. The third kappa shape index (κ3) is 0.940. The number of benzene rings is 1. The Balaban J connectivity index is 1.73. The highest BCUT2D eigenvalue weighted by molar-refractivity contribution is 5.44. The lowest BCUT2D eigenvalue weighted by atomic mass is 9.55. The highest BCUT2D eigenvalue weighted by Gasteiger charge is 2.56. The van der Waals surface area contributed by atoms with E-state index in [2.05, 4.69) is 24.3 Å². The fraction of sp³-hybridized carbons (Fsp3) is 0.571. The second-order valence-electron chi connectivity index (χ2n) is 5.26. The van der Waals surface area contributed by atoms with Gasteiger partial charge in [0.05, 0.1) is 0 Å². The summed E-state index contributed by atoms with van der Waals surface area (Å²) in [7, 11) is 0. The van der Waals surface area contributed by atoms with Gasteiger partial charge in [-0.05, 0) is 30.7 Å². The van der Waals surface area contributed by atoms with Gasteiger partial charge in [-0.15, -0.1) is 0 Å². The SMILES string of the molecule is c1ccc2c(c1)OC1C3CCCCC3C21. The van der Waals surface area contributed by atoms with E-state index in [0.717, 1.165) is 17.8 Å². The predicted octanol–water partition coefficient (Wildman–Crippen LogP) is 3.35. The van der Waals surface area contributed by atoms with Crippen molar-refractivity contribution in [3.05, 3.63) is 29.8 Å². The van der Waals surface area contributed by atoms with Crippen molar-refractivity contribution in [2.75, 3.05) is 0 Å². The lowest BCUT2D eigenvalue weighted by Gasteiger charge is -2.50. The molecular formula is C14H16O. The average molecular weight is 200 g/mol. The summed E-state index contributed by atoms with van der Waals surface area (Å²) in [4.78, 5) is 0. The van der Waals surface area contributed by atoms with Gasteiger partial charge < -0.3 is 4.74 Å². The van der Waals surface area contributed by atoms with Crippen LogP contribution in [0.4, 0.5) is 0 Å². The minimum atomic E-state index is 0.535. The van der Waals surface area contributed by atoms with Gasteiger partial charge in [0, 0.05) is 11.5 Å². The van der Waals surface area contributed by atoms with Gasteiger partial charge in [-0.25, -0.2) is 0 Å². The Labute approximate surface area is 90.4 Å². The van der Waals surface area contributed by atoms with Crippen LogP contribution in [0.3, 0.4) is 0 Å². The molecule has 0 saturated heterocycles. The van der Waals surface area contributed by atoms with Gasteiger partial charge in [-0.3, -0.25) is 0 Å². The van der Waals surface area contributed by atoms with E-state index < -0.39 is 0 Å². The van der Waals surface area contributed by atoms with Crippen LogP contribution in [-0.2, 0) is 0 Å². The molecule has 0 aromatic heterocycles. The Morgan fingerprint density at radius 1 is 1.00 bits per heavy atom. The summed E-state index contributed by atoms with van der Waals surface area (Å²) in [5.74, 6) is 3.72. The molecule has 3 aliphatic rings. The van der Waals surface area contributed by atoms with E-state index in [0.29, 0.717) is 6.10 Å². The van der Waals surface area contributed by atoms with Gasteiger partial charge >= 0.3 is 0 Å². The Kier molecular flexibility index (Phi) is 1.52. The van der Waals surface area contributed by atoms with Gasteiger partial charge in [-0.1, -0.05) is 31.0 Å². The second kappa shape index (κ2) is 2.78. The van der Waals surface area contributed by atoms with E-state index in [1.807, 2.05) is 0 Å².